The number of rotatable bonds is 78. The predicted octanol–water partition coefficient (Wildman–Crippen LogP) is 17.8. The van der Waals surface area contributed by atoms with Crippen molar-refractivity contribution in [1.82, 2.24) is 0 Å². The van der Waals surface area contributed by atoms with E-state index in [1.54, 1.807) is 0 Å². The van der Waals surface area contributed by atoms with Crippen molar-refractivity contribution in [3.05, 3.63) is 0 Å². The van der Waals surface area contributed by atoms with Crippen LogP contribution in [0, 0.1) is 0 Å². The number of carbonyl (C=O) groups excluding carboxylic acids is 4. The maximum absolute atomic E-state index is 14.9. The summed E-state index contributed by atoms with van der Waals surface area (Å²) < 4.78 is 73.5. The zero-order chi connectivity index (χ0) is 85.4. The molecule has 18 unspecified atom stereocenters. The van der Waals surface area contributed by atoms with Gasteiger partial charge < -0.3 is 88.7 Å². The number of carbonyl (C=O) groups is 4. The maximum Gasteiger partial charge on any atom is 0.472 e. The summed E-state index contributed by atoms with van der Waals surface area (Å²) in [6, 6.07) is 0. The standard InChI is InChI=1S/C91H171O25P/c1-5-9-13-17-21-25-29-33-35-37-41-44-47-51-55-59-63-74(93)107-68-71(110-76(95)65-61-57-53-49-45-40-32-28-24-20-16-12-8-4)69-109-117(105,106)116-89-87(114-90-84(103)80(99)78(97)72(67-92)111-90)83(102)82(101)86(113-77(96)66-62-58-54-50-46-42-38-36-34-30-26-22-18-14-10-6-2)88(89)115-91-85(104)81(100)79(98)73(112-91)70-108-75(94)64-60-56-52-48-43-39-31-27-23-19-15-11-7-3/h71-73,78-92,97-104H,5-70H2,1-4H3,(H,105,106). The molecule has 0 aromatic heterocycles. The molecule has 10 N–H and O–H groups in total. The molecule has 26 heteroatoms. The molecule has 2 heterocycles. The Morgan fingerprint density at radius 1 is 0.308 bits per heavy atom. The first-order chi connectivity index (χ1) is 56.7. The van der Waals surface area contributed by atoms with Crippen LogP contribution < -0.4 is 0 Å². The van der Waals surface area contributed by atoms with Gasteiger partial charge in [0.2, 0.25) is 0 Å². The Kier molecular flexibility index (Phi) is 65.7. The second kappa shape index (κ2) is 70.7. The molecule has 0 spiro atoms. The molecule has 1 aliphatic carbocycles. The Hall–Kier alpha value is -2.53. The molecule has 0 aromatic rings. The highest BCUT2D eigenvalue weighted by Crippen LogP contribution is 2.49. The van der Waals surface area contributed by atoms with E-state index < -0.39 is 162 Å². The number of unbranched alkanes of at least 4 members (excludes halogenated alkanes) is 54. The smallest absolute Gasteiger partial charge is 0.463 e. The van der Waals surface area contributed by atoms with Gasteiger partial charge in [0, 0.05) is 25.7 Å². The SMILES string of the molecule is CCCCCCCCCCCCCCCCCCC(=O)OCC(COP(=O)(O)OC1C(OC2OC(CO)C(O)C(O)C2O)C(O)C(O)C(OC(=O)CCCCCCCCCCCCCCCCCC)C1OC1OC(COC(=O)CCCCCCCCCCCCCCC)C(O)C(O)C1O)OC(=O)CCCCCCCCCCCCCCC. The summed E-state index contributed by atoms with van der Waals surface area (Å²) >= 11 is 0. The third-order valence-corrected chi connectivity index (χ3v) is 24.6. The van der Waals surface area contributed by atoms with E-state index in [1.165, 1.54) is 212 Å². The van der Waals surface area contributed by atoms with Crippen LogP contribution in [0.25, 0.3) is 0 Å². The Bertz CT molecular complexity index is 2430. The first kappa shape index (κ1) is 109. The predicted molar refractivity (Wildman–Crippen MR) is 453 cm³/mol. The van der Waals surface area contributed by atoms with E-state index in [1.807, 2.05) is 0 Å². The normalized spacial score (nSPS) is 25.0. The molecule has 3 fully saturated rings. The quantitative estimate of drug-likeness (QED) is 0.0117. The first-order valence-electron chi connectivity index (χ1n) is 47.8. The van der Waals surface area contributed by atoms with Crippen LogP contribution in [0.3, 0.4) is 0 Å². The number of aliphatic hydroxyl groups excluding tert-OH is 9. The monoisotopic (exact) mass is 1700 g/mol. The highest BCUT2D eigenvalue weighted by molar-refractivity contribution is 7.47. The zero-order valence-corrected chi connectivity index (χ0v) is 74.4. The lowest BCUT2D eigenvalue weighted by molar-refractivity contribution is -0.360. The van der Waals surface area contributed by atoms with Gasteiger partial charge in [0.05, 0.1) is 13.2 Å². The summed E-state index contributed by atoms with van der Waals surface area (Å²) in [5.41, 5.74) is 0. The van der Waals surface area contributed by atoms with E-state index >= 15 is 0 Å². The van der Waals surface area contributed by atoms with Gasteiger partial charge in [-0.05, 0) is 25.7 Å². The summed E-state index contributed by atoms with van der Waals surface area (Å²) in [6.45, 7) is 5.64. The topological polar surface area (TPSA) is 380 Å². The van der Waals surface area contributed by atoms with Crippen molar-refractivity contribution in [2.75, 3.05) is 26.4 Å². The molecule has 2 saturated heterocycles. The largest absolute Gasteiger partial charge is 0.472 e. The molecule has 0 amide bonds. The third kappa shape index (κ3) is 50.9. The molecule has 3 rings (SSSR count). The lowest BCUT2D eigenvalue weighted by Crippen LogP contribution is -2.70. The van der Waals surface area contributed by atoms with Crippen molar-refractivity contribution in [3.63, 3.8) is 0 Å². The molecule has 0 bridgehead atoms. The second-order valence-corrected chi connectivity index (χ2v) is 35.7. The summed E-state index contributed by atoms with van der Waals surface area (Å²) in [5.74, 6) is -2.94. The Morgan fingerprint density at radius 3 is 0.932 bits per heavy atom. The van der Waals surface area contributed by atoms with Crippen LogP contribution in [0.2, 0.25) is 0 Å². The number of hydrogen-bond donors (Lipinski definition) is 10. The van der Waals surface area contributed by atoms with Gasteiger partial charge in [-0.15, -0.1) is 0 Å². The van der Waals surface area contributed by atoms with Crippen LogP contribution in [0.15, 0.2) is 0 Å². The highest BCUT2D eigenvalue weighted by Gasteiger charge is 2.60. The van der Waals surface area contributed by atoms with E-state index in [4.69, 9.17) is 46.9 Å². The molecule has 2 aliphatic heterocycles. The van der Waals surface area contributed by atoms with E-state index in [0.717, 1.165) is 128 Å². The fraction of sp³-hybridized carbons (Fsp3) is 0.956. The first-order valence-corrected chi connectivity index (χ1v) is 49.3. The van der Waals surface area contributed by atoms with Gasteiger partial charge in [-0.1, -0.05) is 374 Å². The zero-order valence-electron chi connectivity index (χ0n) is 73.5. The molecule has 1 saturated carbocycles. The van der Waals surface area contributed by atoms with Gasteiger partial charge in [-0.3, -0.25) is 28.2 Å². The Balaban J connectivity index is 1.91. The van der Waals surface area contributed by atoms with E-state index in [9.17, 15) is 74.6 Å². The van der Waals surface area contributed by atoms with Gasteiger partial charge in [0.15, 0.2) is 24.8 Å². The van der Waals surface area contributed by atoms with Crippen molar-refractivity contribution in [2.45, 2.75) is 530 Å². The number of hydrogen-bond acceptors (Lipinski definition) is 24. The van der Waals surface area contributed by atoms with Crippen molar-refractivity contribution >= 4 is 31.7 Å². The number of aliphatic hydroxyl groups is 9. The molecule has 25 nitrogen and oxygen atoms in total. The van der Waals surface area contributed by atoms with Crippen molar-refractivity contribution in [2.24, 2.45) is 0 Å². The second-order valence-electron chi connectivity index (χ2n) is 34.3. The van der Waals surface area contributed by atoms with Crippen LogP contribution in [0.1, 0.15) is 426 Å². The minimum absolute atomic E-state index is 0.0199. The van der Waals surface area contributed by atoms with Crippen LogP contribution >= 0.6 is 7.82 Å². The molecule has 0 radical (unpaired) electrons. The number of ether oxygens (including phenoxy) is 8. The fourth-order valence-corrected chi connectivity index (χ4v) is 17.0. The molecule has 18 atom stereocenters. The van der Waals surface area contributed by atoms with Crippen LogP contribution in [-0.2, 0) is 70.7 Å². The minimum atomic E-state index is -5.80. The van der Waals surface area contributed by atoms with Gasteiger partial charge >= 0.3 is 31.7 Å². The molecule has 117 heavy (non-hydrogen) atoms. The van der Waals surface area contributed by atoms with Gasteiger partial charge in [-0.2, -0.15) is 0 Å². The van der Waals surface area contributed by atoms with Gasteiger partial charge in [0.1, 0.15) is 92.6 Å². The van der Waals surface area contributed by atoms with Crippen LogP contribution in [0.4, 0.5) is 0 Å². The Labute approximate surface area is 706 Å². The number of phosphoric acid groups is 1. The van der Waals surface area contributed by atoms with E-state index in [-0.39, 0.29) is 25.7 Å². The van der Waals surface area contributed by atoms with Gasteiger partial charge in [-0.25, -0.2) is 4.57 Å². The average Bonchev–Trinajstić information content (AvgIpc) is 0.754. The highest BCUT2D eigenvalue weighted by atomic mass is 31.2. The minimum Gasteiger partial charge on any atom is -0.463 e. The third-order valence-electron chi connectivity index (χ3n) is 23.6. The summed E-state index contributed by atoms with van der Waals surface area (Å²) in [4.78, 5) is 66.5. The van der Waals surface area contributed by atoms with Crippen molar-refractivity contribution in [1.29, 1.82) is 0 Å². The lowest BCUT2D eigenvalue weighted by Gasteiger charge is -2.50. The van der Waals surface area contributed by atoms with Crippen LogP contribution in [0.5, 0.6) is 0 Å². The fourth-order valence-electron chi connectivity index (χ4n) is 16.0. The van der Waals surface area contributed by atoms with E-state index in [2.05, 4.69) is 27.7 Å². The van der Waals surface area contributed by atoms with Crippen molar-refractivity contribution < 1.29 is 122 Å². The van der Waals surface area contributed by atoms with Crippen molar-refractivity contribution in [3.8, 4) is 0 Å². The number of esters is 4. The molecular weight excluding hydrogens is 1520 g/mol. The summed E-state index contributed by atoms with van der Waals surface area (Å²) in [5, 5.41) is 102. The lowest BCUT2D eigenvalue weighted by atomic mass is 9.84. The van der Waals surface area contributed by atoms with E-state index in [0.29, 0.717) is 32.1 Å². The molecule has 0 aromatic carbocycles. The number of phosphoric ester groups is 1. The average molecular weight is 1700 g/mol. The molecule has 690 valence electrons. The maximum atomic E-state index is 14.9. The molecule has 3 aliphatic rings. The Morgan fingerprint density at radius 2 is 0.590 bits per heavy atom. The van der Waals surface area contributed by atoms with Crippen LogP contribution in [-0.4, -0.2) is 205 Å². The summed E-state index contributed by atoms with van der Waals surface area (Å²) in [6.07, 6.45) is 28.0. The van der Waals surface area contributed by atoms with Gasteiger partial charge in [0.25, 0.3) is 0 Å². The summed E-state index contributed by atoms with van der Waals surface area (Å²) in [7, 11) is -5.80. The molecular formula is C91H171O25P.